The van der Waals surface area contributed by atoms with Gasteiger partial charge in [0.25, 0.3) is 5.69 Å². The van der Waals surface area contributed by atoms with E-state index >= 15 is 0 Å². The first kappa shape index (κ1) is 18.2. The highest BCUT2D eigenvalue weighted by atomic mass is 16.6. The van der Waals surface area contributed by atoms with Crippen molar-refractivity contribution in [1.82, 2.24) is 10.2 Å². The lowest BCUT2D eigenvalue weighted by molar-refractivity contribution is -0.384. The van der Waals surface area contributed by atoms with E-state index in [2.05, 4.69) is 22.0 Å². The van der Waals surface area contributed by atoms with Crippen LogP contribution >= 0.6 is 0 Å². The Hall–Kier alpha value is -2.15. The number of carbonyl (C=O) groups is 1. The Morgan fingerprint density at radius 3 is 2.42 bits per heavy atom. The van der Waals surface area contributed by atoms with Crippen molar-refractivity contribution < 1.29 is 9.72 Å². The molecular formula is C17H26N4O3. The molecule has 1 aliphatic heterocycles. The molecule has 0 saturated carbocycles. The van der Waals surface area contributed by atoms with E-state index in [1.54, 1.807) is 12.1 Å². The summed E-state index contributed by atoms with van der Waals surface area (Å²) < 4.78 is 0. The van der Waals surface area contributed by atoms with Crippen LogP contribution in [0, 0.1) is 10.1 Å². The highest BCUT2D eigenvalue weighted by molar-refractivity contribution is 5.78. The fourth-order valence-corrected chi connectivity index (χ4v) is 2.98. The molecule has 1 N–H and O–H groups in total. The number of carbonyl (C=O) groups excluding carboxylic acids is 1. The highest BCUT2D eigenvalue weighted by Gasteiger charge is 2.20. The molecule has 2 rings (SSSR count). The van der Waals surface area contributed by atoms with Crippen LogP contribution in [0.15, 0.2) is 24.3 Å². The van der Waals surface area contributed by atoms with E-state index in [0.29, 0.717) is 6.54 Å². The second-order valence-electron chi connectivity index (χ2n) is 6.29. The van der Waals surface area contributed by atoms with Crippen molar-refractivity contribution in [1.29, 1.82) is 0 Å². The standard InChI is InChI=1S/C17H26N4O3/c1-3-4-14(2)18-17(22)13-19-9-11-20(12-10-19)15-5-7-16(8-6-15)21(23)24/h5-8,14H,3-4,9-13H2,1-2H3,(H,18,22)/t14-/m1/s1. The Balaban J connectivity index is 1.78. The van der Waals surface area contributed by atoms with Crippen LogP contribution in [-0.4, -0.2) is 54.5 Å². The van der Waals surface area contributed by atoms with Gasteiger partial charge in [0.15, 0.2) is 0 Å². The topological polar surface area (TPSA) is 78.7 Å². The molecule has 1 amide bonds. The first-order chi connectivity index (χ1) is 11.5. The lowest BCUT2D eigenvalue weighted by atomic mass is 10.2. The number of amides is 1. The van der Waals surface area contributed by atoms with Gasteiger partial charge in [-0.05, 0) is 25.5 Å². The third-order valence-electron chi connectivity index (χ3n) is 4.29. The molecule has 0 radical (unpaired) electrons. The molecule has 1 fully saturated rings. The number of benzene rings is 1. The van der Waals surface area contributed by atoms with Crippen molar-refractivity contribution in [3.05, 3.63) is 34.4 Å². The molecule has 0 unspecified atom stereocenters. The van der Waals surface area contributed by atoms with Gasteiger partial charge < -0.3 is 10.2 Å². The number of non-ortho nitro benzene ring substituents is 1. The largest absolute Gasteiger partial charge is 0.369 e. The summed E-state index contributed by atoms with van der Waals surface area (Å²) in [6, 6.07) is 6.86. The van der Waals surface area contributed by atoms with Gasteiger partial charge in [0.2, 0.25) is 5.91 Å². The van der Waals surface area contributed by atoms with Crippen LogP contribution in [0.25, 0.3) is 0 Å². The Labute approximate surface area is 142 Å². The van der Waals surface area contributed by atoms with E-state index in [1.165, 1.54) is 12.1 Å². The SMILES string of the molecule is CCC[C@@H](C)NC(=O)CN1CCN(c2ccc([N+](=O)[O-])cc2)CC1. The molecule has 0 bridgehead atoms. The highest BCUT2D eigenvalue weighted by Crippen LogP contribution is 2.20. The molecule has 132 valence electrons. The molecule has 1 aromatic carbocycles. The summed E-state index contributed by atoms with van der Waals surface area (Å²) in [4.78, 5) is 26.7. The zero-order valence-corrected chi connectivity index (χ0v) is 14.4. The summed E-state index contributed by atoms with van der Waals surface area (Å²) in [6.45, 7) is 7.83. The number of nitrogens with one attached hydrogen (secondary N) is 1. The monoisotopic (exact) mass is 334 g/mol. The van der Waals surface area contributed by atoms with Crippen molar-refractivity contribution >= 4 is 17.3 Å². The number of hydrogen-bond acceptors (Lipinski definition) is 5. The summed E-state index contributed by atoms with van der Waals surface area (Å²) in [7, 11) is 0. The van der Waals surface area contributed by atoms with E-state index in [1.807, 2.05) is 6.92 Å². The molecule has 24 heavy (non-hydrogen) atoms. The Bertz CT molecular complexity index is 553. The van der Waals surface area contributed by atoms with Crippen LogP contribution in [0.4, 0.5) is 11.4 Å². The minimum atomic E-state index is -0.389. The summed E-state index contributed by atoms with van der Waals surface area (Å²) in [5.41, 5.74) is 1.09. The quantitative estimate of drug-likeness (QED) is 0.610. The molecule has 1 heterocycles. The van der Waals surface area contributed by atoms with Crippen LogP contribution < -0.4 is 10.2 Å². The average Bonchev–Trinajstić information content (AvgIpc) is 2.55. The molecule has 1 aromatic rings. The summed E-state index contributed by atoms with van der Waals surface area (Å²) >= 11 is 0. The molecule has 0 spiro atoms. The minimum Gasteiger partial charge on any atom is -0.369 e. The average molecular weight is 334 g/mol. The normalized spacial score (nSPS) is 16.7. The molecule has 1 saturated heterocycles. The molecule has 1 atom stereocenters. The van der Waals surface area contributed by atoms with Gasteiger partial charge in [-0.3, -0.25) is 19.8 Å². The maximum atomic E-state index is 12.0. The Morgan fingerprint density at radius 1 is 1.25 bits per heavy atom. The zero-order chi connectivity index (χ0) is 17.5. The van der Waals surface area contributed by atoms with Gasteiger partial charge in [0.05, 0.1) is 11.5 Å². The molecule has 0 aliphatic carbocycles. The van der Waals surface area contributed by atoms with Crippen molar-refractivity contribution in [3.8, 4) is 0 Å². The predicted octanol–water partition coefficient (Wildman–Crippen LogP) is 2.02. The van der Waals surface area contributed by atoms with Gasteiger partial charge in [0, 0.05) is 50.0 Å². The van der Waals surface area contributed by atoms with E-state index in [-0.39, 0.29) is 22.6 Å². The van der Waals surface area contributed by atoms with Gasteiger partial charge >= 0.3 is 0 Å². The number of nitrogens with zero attached hydrogens (tertiary/aromatic N) is 3. The number of nitro groups is 1. The number of piperazine rings is 1. The van der Waals surface area contributed by atoms with Crippen LogP contribution in [0.2, 0.25) is 0 Å². The Morgan fingerprint density at radius 2 is 1.88 bits per heavy atom. The maximum Gasteiger partial charge on any atom is 0.269 e. The molecule has 0 aromatic heterocycles. The Kier molecular flexibility index (Phi) is 6.54. The van der Waals surface area contributed by atoms with E-state index in [4.69, 9.17) is 0 Å². The van der Waals surface area contributed by atoms with Crippen molar-refractivity contribution in [2.24, 2.45) is 0 Å². The smallest absolute Gasteiger partial charge is 0.269 e. The lowest BCUT2D eigenvalue weighted by Crippen LogP contribution is -2.50. The first-order valence-electron chi connectivity index (χ1n) is 8.50. The number of anilines is 1. The summed E-state index contributed by atoms with van der Waals surface area (Å²) in [5.74, 6) is 0.0831. The fraction of sp³-hybridized carbons (Fsp3) is 0.588. The molecule has 7 nitrogen and oxygen atoms in total. The second kappa shape index (κ2) is 8.63. The molecule has 1 aliphatic rings. The lowest BCUT2D eigenvalue weighted by Gasteiger charge is -2.35. The molecule has 7 heteroatoms. The van der Waals surface area contributed by atoms with Crippen molar-refractivity contribution in [2.45, 2.75) is 32.7 Å². The maximum absolute atomic E-state index is 12.0. The van der Waals surface area contributed by atoms with Gasteiger partial charge in [-0.2, -0.15) is 0 Å². The fourth-order valence-electron chi connectivity index (χ4n) is 2.98. The van der Waals surface area contributed by atoms with Gasteiger partial charge in [-0.1, -0.05) is 13.3 Å². The first-order valence-corrected chi connectivity index (χ1v) is 8.50. The number of hydrogen-bond donors (Lipinski definition) is 1. The third kappa shape index (κ3) is 5.19. The predicted molar refractivity (Wildman–Crippen MR) is 94.3 cm³/mol. The van der Waals surface area contributed by atoms with Gasteiger partial charge in [-0.25, -0.2) is 0 Å². The van der Waals surface area contributed by atoms with Crippen LogP contribution in [0.1, 0.15) is 26.7 Å². The summed E-state index contributed by atoms with van der Waals surface area (Å²) in [6.07, 6.45) is 2.06. The van der Waals surface area contributed by atoms with E-state index in [9.17, 15) is 14.9 Å². The van der Waals surface area contributed by atoms with Gasteiger partial charge in [-0.15, -0.1) is 0 Å². The van der Waals surface area contributed by atoms with Crippen LogP contribution in [-0.2, 0) is 4.79 Å². The summed E-state index contributed by atoms with van der Waals surface area (Å²) in [5, 5.41) is 13.7. The number of nitro benzene ring substituents is 1. The van der Waals surface area contributed by atoms with Crippen molar-refractivity contribution in [2.75, 3.05) is 37.6 Å². The van der Waals surface area contributed by atoms with Crippen molar-refractivity contribution in [3.63, 3.8) is 0 Å². The van der Waals surface area contributed by atoms with E-state index < -0.39 is 0 Å². The van der Waals surface area contributed by atoms with Gasteiger partial charge in [0.1, 0.15) is 0 Å². The zero-order valence-electron chi connectivity index (χ0n) is 14.4. The third-order valence-corrected chi connectivity index (χ3v) is 4.29. The second-order valence-corrected chi connectivity index (χ2v) is 6.29. The molecular weight excluding hydrogens is 308 g/mol. The van der Waals surface area contributed by atoms with E-state index in [0.717, 1.165) is 44.7 Å². The minimum absolute atomic E-state index is 0.0831. The number of rotatable bonds is 7. The van der Waals surface area contributed by atoms with Crippen LogP contribution in [0.3, 0.4) is 0 Å². The van der Waals surface area contributed by atoms with Crippen LogP contribution in [0.5, 0.6) is 0 Å².